The van der Waals surface area contributed by atoms with E-state index in [0.29, 0.717) is 22.8 Å². The van der Waals surface area contributed by atoms with E-state index in [9.17, 15) is 9.59 Å². The minimum atomic E-state index is -0.655. The molecule has 0 aromatic carbocycles. The van der Waals surface area contributed by atoms with Crippen LogP contribution >= 0.6 is 0 Å². The Labute approximate surface area is 151 Å². The van der Waals surface area contributed by atoms with E-state index in [1.165, 1.54) is 26.3 Å². The summed E-state index contributed by atoms with van der Waals surface area (Å²) in [6, 6.07) is 4.84. The molecule has 0 radical (unpaired) electrons. The number of aromatic nitrogens is 3. The highest BCUT2D eigenvalue weighted by Crippen LogP contribution is 2.28. The fourth-order valence-electron chi connectivity index (χ4n) is 2.00. The second-order valence-corrected chi connectivity index (χ2v) is 6.38. The van der Waals surface area contributed by atoms with Gasteiger partial charge in [-0.25, -0.2) is 9.78 Å². The number of carbonyl (C=O) groups is 2. The largest absolute Gasteiger partial charge is 0.480 e. The molecule has 0 aliphatic carbocycles. The predicted octanol–water partition coefficient (Wildman–Crippen LogP) is 2.85. The minimum absolute atomic E-state index is 0.280. The van der Waals surface area contributed by atoms with Crippen molar-refractivity contribution < 1.29 is 19.1 Å². The third kappa shape index (κ3) is 5.40. The van der Waals surface area contributed by atoms with Crippen LogP contribution in [0.1, 0.15) is 27.7 Å². The van der Waals surface area contributed by atoms with Crippen molar-refractivity contribution in [2.24, 2.45) is 0 Å². The van der Waals surface area contributed by atoms with Gasteiger partial charge in [0.25, 0.3) is 0 Å². The van der Waals surface area contributed by atoms with Crippen molar-refractivity contribution in [1.82, 2.24) is 15.2 Å². The van der Waals surface area contributed by atoms with Crippen LogP contribution in [-0.4, -0.2) is 39.9 Å². The van der Waals surface area contributed by atoms with Gasteiger partial charge in [-0.15, -0.1) is 10.2 Å². The highest BCUT2D eigenvalue weighted by molar-refractivity contribution is 5.94. The number of nitrogens with one attached hydrogen (secondary N) is 2. The Balaban J connectivity index is 2.38. The predicted molar refractivity (Wildman–Crippen MR) is 96.0 cm³/mol. The third-order valence-corrected chi connectivity index (χ3v) is 2.97. The number of hydrogen-bond acceptors (Lipinski definition) is 7. The normalized spacial score (nSPS) is 10.8. The maximum absolute atomic E-state index is 12.1. The molecule has 9 heteroatoms. The monoisotopic (exact) mass is 359 g/mol. The lowest BCUT2D eigenvalue weighted by Crippen LogP contribution is -2.27. The molecule has 2 rings (SSSR count). The molecule has 0 unspecified atom stereocenters. The van der Waals surface area contributed by atoms with Gasteiger partial charge in [0.2, 0.25) is 11.8 Å². The third-order valence-electron chi connectivity index (χ3n) is 2.97. The summed E-state index contributed by atoms with van der Waals surface area (Å²) in [6.07, 6.45) is 0.842. The molecule has 2 aromatic heterocycles. The van der Waals surface area contributed by atoms with Gasteiger partial charge in [0, 0.05) is 30.8 Å². The SMILES string of the molecule is COc1ccc(-c2cnc(NC(C)=O)cc2NC(=O)OC(C)(C)C)nn1. The molecular formula is C17H21N5O4. The molecule has 2 heterocycles. The van der Waals surface area contributed by atoms with Gasteiger partial charge in [-0.2, -0.15) is 0 Å². The first-order valence-corrected chi connectivity index (χ1v) is 7.83. The van der Waals surface area contributed by atoms with Gasteiger partial charge in [-0.05, 0) is 26.8 Å². The van der Waals surface area contributed by atoms with Crippen LogP contribution in [0.4, 0.5) is 16.3 Å². The molecule has 2 N–H and O–H groups in total. The topological polar surface area (TPSA) is 115 Å². The summed E-state index contributed by atoms with van der Waals surface area (Å²) in [6.45, 7) is 6.65. The number of hydrogen-bond donors (Lipinski definition) is 2. The molecular weight excluding hydrogens is 338 g/mol. The Bertz CT molecular complexity index is 800. The number of rotatable bonds is 4. The molecule has 0 saturated heterocycles. The lowest BCUT2D eigenvalue weighted by molar-refractivity contribution is -0.114. The maximum Gasteiger partial charge on any atom is 0.412 e. The summed E-state index contributed by atoms with van der Waals surface area (Å²) in [7, 11) is 1.49. The zero-order valence-corrected chi connectivity index (χ0v) is 15.3. The van der Waals surface area contributed by atoms with Crippen molar-refractivity contribution in [2.45, 2.75) is 33.3 Å². The molecule has 0 aliphatic heterocycles. The molecule has 0 atom stereocenters. The Morgan fingerprint density at radius 3 is 2.38 bits per heavy atom. The first-order chi connectivity index (χ1) is 12.2. The smallest absolute Gasteiger partial charge is 0.412 e. The molecule has 138 valence electrons. The Kier molecular flexibility index (Phi) is 5.71. The van der Waals surface area contributed by atoms with E-state index in [1.807, 2.05) is 0 Å². The number of anilines is 2. The average Bonchev–Trinajstić information content (AvgIpc) is 2.53. The summed E-state index contributed by atoms with van der Waals surface area (Å²) >= 11 is 0. The van der Waals surface area contributed by atoms with Gasteiger partial charge in [0.05, 0.1) is 18.5 Å². The van der Waals surface area contributed by atoms with Crippen LogP contribution in [0.25, 0.3) is 11.3 Å². The summed E-state index contributed by atoms with van der Waals surface area (Å²) in [5.41, 5.74) is 0.703. The van der Waals surface area contributed by atoms with E-state index in [4.69, 9.17) is 9.47 Å². The lowest BCUT2D eigenvalue weighted by Gasteiger charge is -2.20. The van der Waals surface area contributed by atoms with Crippen LogP contribution in [0.5, 0.6) is 5.88 Å². The van der Waals surface area contributed by atoms with Crippen LogP contribution in [-0.2, 0) is 9.53 Å². The van der Waals surface area contributed by atoms with Crippen molar-refractivity contribution in [3.63, 3.8) is 0 Å². The first-order valence-electron chi connectivity index (χ1n) is 7.83. The molecule has 0 spiro atoms. The quantitative estimate of drug-likeness (QED) is 0.862. The number of amides is 2. The van der Waals surface area contributed by atoms with Gasteiger partial charge >= 0.3 is 6.09 Å². The Morgan fingerprint density at radius 2 is 1.85 bits per heavy atom. The van der Waals surface area contributed by atoms with Gasteiger partial charge in [-0.3, -0.25) is 10.1 Å². The van der Waals surface area contributed by atoms with Crippen molar-refractivity contribution in [3.05, 3.63) is 24.4 Å². The first kappa shape index (κ1) is 19.1. The van der Waals surface area contributed by atoms with Gasteiger partial charge in [0.15, 0.2) is 0 Å². The minimum Gasteiger partial charge on any atom is -0.480 e. The van der Waals surface area contributed by atoms with E-state index >= 15 is 0 Å². The van der Waals surface area contributed by atoms with Gasteiger partial charge in [-0.1, -0.05) is 0 Å². The van der Waals surface area contributed by atoms with E-state index < -0.39 is 11.7 Å². The maximum atomic E-state index is 12.1. The zero-order valence-electron chi connectivity index (χ0n) is 15.3. The molecule has 2 aromatic rings. The van der Waals surface area contributed by atoms with E-state index in [2.05, 4.69) is 25.8 Å². The number of pyridine rings is 1. The van der Waals surface area contributed by atoms with Crippen LogP contribution in [0, 0.1) is 0 Å². The average molecular weight is 359 g/mol. The molecule has 0 saturated carbocycles. The second kappa shape index (κ2) is 7.77. The standard InChI is InChI=1S/C17H21N5O4/c1-10(23)19-14-8-13(20-16(24)26-17(2,3)4)11(9-18-14)12-6-7-15(25-5)22-21-12/h6-9H,1-5H3,(H2,18,19,20,23,24). The molecule has 0 bridgehead atoms. The summed E-state index contributed by atoms with van der Waals surface area (Å²) in [5.74, 6) is 0.365. The van der Waals surface area contributed by atoms with E-state index in [1.54, 1.807) is 32.9 Å². The number of nitrogens with zero attached hydrogens (tertiary/aromatic N) is 3. The Morgan fingerprint density at radius 1 is 1.12 bits per heavy atom. The van der Waals surface area contributed by atoms with E-state index in [-0.39, 0.29) is 11.7 Å². The second-order valence-electron chi connectivity index (χ2n) is 6.38. The fourth-order valence-corrected chi connectivity index (χ4v) is 2.00. The van der Waals surface area contributed by atoms with Crippen LogP contribution in [0.3, 0.4) is 0 Å². The number of carbonyl (C=O) groups excluding carboxylic acids is 2. The van der Waals surface area contributed by atoms with Crippen LogP contribution < -0.4 is 15.4 Å². The highest BCUT2D eigenvalue weighted by Gasteiger charge is 2.19. The van der Waals surface area contributed by atoms with Crippen molar-refractivity contribution in [3.8, 4) is 17.1 Å². The number of methoxy groups -OCH3 is 1. The summed E-state index contributed by atoms with van der Waals surface area (Å²) in [5, 5.41) is 13.2. The van der Waals surface area contributed by atoms with Crippen LogP contribution in [0.15, 0.2) is 24.4 Å². The van der Waals surface area contributed by atoms with Gasteiger partial charge < -0.3 is 14.8 Å². The molecule has 0 fully saturated rings. The van der Waals surface area contributed by atoms with Crippen molar-refractivity contribution >= 4 is 23.5 Å². The molecule has 9 nitrogen and oxygen atoms in total. The summed E-state index contributed by atoms with van der Waals surface area (Å²) in [4.78, 5) is 27.6. The lowest BCUT2D eigenvalue weighted by atomic mass is 10.1. The summed E-state index contributed by atoms with van der Waals surface area (Å²) < 4.78 is 10.3. The van der Waals surface area contributed by atoms with Crippen LogP contribution in [0.2, 0.25) is 0 Å². The Hall–Kier alpha value is -3.23. The van der Waals surface area contributed by atoms with E-state index in [0.717, 1.165) is 0 Å². The fraction of sp³-hybridized carbons (Fsp3) is 0.353. The molecule has 0 aliphatic rings. The van der Waals surface area contributed by atoms with Crippen molar-refractivity contribution in [1.29, 1.82) is 0 Å². The highest BCUT2D eigenvalue weighted by atomic mass is 16.6. The van der Waals surface area contributed by atoms with Gasteiger partial charge in [0.1, 0.15) is 11.4 Å². The molecule has 2 amide bonds. The number of ether oxygens (including phenoxy) is 2. The van der Waals surface area contributed by atoms with Crippen molar-refractivity contribution in [2.75, 3.05) is 17.7 Å². The zero-order chi connectivity index (χ0) is 19.3. The molecule has 26 heavy (non-hydrogen) atoms.